The summed E-state index contributed by atoms with van der Waals surface area (Å²) in [5.41, 5.74) is 0.512. The first kappa shape index (κ1) is 10.4. The lowest BCUT2D eigenvalue weighted by atomic mass is 10.2. The molecule has 0 fully saturated rings. The van der Waals surface area contributed by atoms with Crippen LogP contribution in [0, 0.1) is 4.77 Å². The second-order valence-corrected chi connectivity index (χ2v) is 3.94. The maximum atomic E-state index is 12.0. The van der Waals surface area contributed by atoms with Gasteiger partial charge in [-0.15, -0.1) is 0 Å². The van der Waals surface area contributed by atoms with Crippen molar-refractivity contribution in [2.75, 3.05) is 0 Å². The van der Waals surface area contributed by atoms with Crippen molar-refractivity contribution in [2.45, 2.75) is 13.5 Å². The summed E-state index contributed by atoms with van der Waals surface area (Å²) in [6.07, 6.45) is 0. The molecule has 0 aliphatic carbocycles. The summed E-state index contributed by atoms with van der Waals surface area (Å²) >= 11 is 11.0. The molecule has 1 aromatic carbocycles. The molecule has 0 saturated carbocycles. The van der Waals surface area contributed by atoms with Gasteiger partial charge in [-0.3, -0.25) is 9.36 Å². The monoisotopic (exact) mass is 240 g/mol. The van der Waals surface area contributed by atoms with Crippen molar-refractivity contribution in [2.24, 2.45) is 0 Å². The Bertz CT molecular complexity index is 629. The van der Waals surface area contributed by atoms with Crippen molar-refractivity contribution in [3.8, 4) is 0 Å². The van der Waals surface area contributed by atoms with Crippen LogP contribution in [0.3, 0.4) is 0 Å². The predicted molar refractivity (Wildman–Crippen MR) is 64.1 cm³/mol. The Hall–Kier alpha value is -1.13. The minimum atomic E-state index is -0.0984. The maximum Gasteiger partial charge on any atom is 0.262 e. The zero-order valence-electron chi connectivity index (χ0n) is 8.08. The number of para-hydroxylation sites is 1. The van der Waals surface area contributed by atoms with Crippen LogP contribution in [-0.2, 0) is 6.54 Å². The molecule has 5 heteroatoms. The smallest absolute Gasteiger partial charge is 0.262 e. The first-order valence-electron chi connectivity index (χ1n) is 4.56. The molecule has 0 aliphatic heterocycles. The van der Waals surface area contributed by atoms with Crippen molar-refractivity contribution in [1.82, 2.24) is 9.55 Å². The topological polar surface area (TPSA) is 37.8 Å². The average molecular weight is 241 g/mol. The number of halogens is 1. The van der Waals surface area contributed by atoms with E-state index < -0.39 is 0 Å². The second-order valence-electron chi connectivity index (χ2n) is 3.14. The second kappa shape index (κ2) is 3.79. The molecular formula is C10H9ClN2OS. The van der Waals surface area contributed by atoms with Gasteiger partial charge in [0, 0.05) is 6.54 Å². The van der Waals surface area contributed by atoms with Crippen molar-refractivity contribution in [1.29, 1.82) is 0 Å². The fraction of sp³-hybridized carbons (Fsp3) is 0.200. The van der Waals surface area contributed by atoms with Gasteiger partial charge in [0.1, 0.15) is 0 Å². The standard InChI is InChI=1S/C10H9ClN2OS/c1-2-13-9(14)6-4-3-5-7(11)8(6)12-10(13)15/h3-5H,2H2,1H3,(H,12,15). The van der Waals surface area contributed by atoms with Gasteiger partial charge < -0.3 is 4.98 Å². The van der Waals surface area contributed by atoms with Gasteiger partial charge in [-0.1, -0.05) is 17.7 Å². The molecular weight excluding hydrogens is 232 g/mol. The summed E-state index contributed by atoms with van der Waals surface area (Å²) < 4.78 is 1.91. The van der Waals surface area contributed by atoms with E-state index in [9.17, 15) is 4.79 Å². The lowest BCUT2D eigenvalue weighted by Gasteiger charge is -2.05. The van der Waals surface area contributed by atoms with Crippen molar-refractivity contribution in [3.63, 3.8) is 0 Å². The van der Waals surface area contributed by atoms with Crippen LogP contribution in [0.2, 0.25) is 5.02 Å². The molecule has 0 atom stereocenters. The highest BCUT2D eigenvalue weighted by molar-refractivity contribution is 7.71. The summed E-state index contributed by atoms with van der Waals surface area (Å²) in [6, 6.07) is 5.22. The van der Waals surface area contributed by atoms with Crippen LogP contribution in [0.25, 0.3) is 10.9 Å². The van der Waals surface area contributed by atoms with E-state index in [0.29, 0.717) is 27.2 Å². The van der Waals surface area contributed by atoms with E-state index in [4.69, 9.17) is 23.8 Å². The maximum absolute atomic E-state index is 12.0. The Balaban J connectivity index is 3.05. The van der Waals surface area contributed by atoms with Crippen LogP contribution in [0.15, 0.2) is 23.0 Å². The van der Waals surface area contributed by atoms with E-state index in [-0.39, 0.29) is 5.56 Å². The Kier molecular flexibility index (Phi) is 2.63. The molecule has 0 bridgehead atoms. The average Bonchev–Trinajstić information content (AvgIpc) is 2.20. The molecule has 2 aromatic rings. The van der Waals surface area contributed by atoms with Gasteiger partial charge in [-0.25, -0.2) is 0 Å². The van der Waals surface area contributed by atoms with Gasteiger partial charge in [0.05, 0.1) is 15.9 Å². The van der Waals surface area contributed by atoms with Crippen molar-refractivity contribution in [3.05, 3.63) is 38.3 Å². The number of hydrogen-bond donors (Lipinski definition) is 1. The molecule has 78 valence electrons. The van der Waals surface area contributed by atoms with Crippen molar-refractivity contribution < 1.29 is 0 Å². The van der Waals surface area contributed by atoms with Crippen LogP contribution in [0.4, 0.5) is 0 Å². The van der Waals surface area contributed by atoms with Crippen LogP contribution >= 0.6 is 23.8 Å². The number of nitrogens with one attached hydrogen (secondary N) is 1. The Morgan fingerprint density at radius 1 is 1.53 bits per heavy atom. The van der Waals surface area contributed by atoms with Crippen LogP contribution in [0.1, 0.15) is 6.92 Å². The molecule has 1 aromatic heterocycles. The third-order valence-electron chi connectivity index (χ3n) is 2.28. The molecule has 3 nitrogen and oxygen atoms in total. The van der Waals surface area contributed by atoms with Gasteiger partial charge in [0.2, 0.25) is 0 Å². The third kappa shape index (κ3) is 1.60. The summed E-state index contributed by atoms with van der Waals surface area (Å²) in [5, 5.41) is 1.08. The Labute approximate surface area is 96.3 Å². The minimum Gasteiger partial charge on any atom is -0.330 e. The molecule has 0 amide bonds. The van der Waals surface area contributed by atoms with E-state index in [1.165, 1.54) is 4.57 Å². The highest BCUT2D eigenvalue weighted by Crippen LogP contribution is 2.18. The third-order valence-corrected chi connectivity index (χ3v) is 2.92. The van der Waals surface area contributed by atoms with Gasteiger partial charge in [-0.2, -0.15) is 0 Å². The summed E-state index contributed by atoms with van der Waals surface area (Å²) in [7, 11) is 0. The fourth-order valence-electron chi connectivity index (χ4n) is 1.53. The van der Waals surface area contributed by atoms with Crippen LogP contribution in [0.5, 0.6) is 0 Å². The first-order chi connectivity index (χ1) is 7.15. The van der Waals surface area contributed by atoms with Gasteiger partial charge in [0.15, 0.2) is 4.77 Å². The van der Waals surface area contributed by atoms with Crippen LogP contribution < -0.4 is 5.56 Å². The first-order valence-corrected chi connectivity index (χ1v) is 5.35. The quantitative estimate of drug-likeness (QED) is 0.779. The minimum absolute atomic E-state index is 0.0984. The predicted octanol–water partition coefficient (Wildman–Crippen LogP) is 2.73. The highest BCUT2D eigenvalue weighted by Gasteiger charge is 2.05. The molecule has 0 saturated heterocycles. The summed E-state index contributed by atoms with van der Waals surface area (Å²) in [5.74, 6) is 0. The van der Waals surface area contributed by atoms with E-state index >= 15 is 0 Å². The number of fused-ring (bicyclic) bond motifs is 1. The van der Waals surface area contributed by atoms with Crippen molar-refractivity contribution >= 4 is 34.7 Å². The summed E-state index contributed by atoms with van der Waals surface area (Å²) in [6.45, 7) is 2.43. The molecule has 0 radical (unpaired) electrons. The van der Waals surface area contributed by atoms with E-state index in [1.807, 2.05) is 6.92 Å². The molecule has 1 N–H and O–H groups in total. The number of aromatic nitrogens is 2. The SMILES string of the molecule is CCn1c(=S)[nH]c2c(Cl)cccc2c1=O. The zero-order valence-corrected chi connectivity index (χ0v) is 9.65. The lowest BCUT2D eigenvalue weighted by molar-refractivity contribution is 0.705. The fourth-order valence-corrected chi connectivity index (χ4v) is 2.06. The van der Waals surface area contributed by atoms with E-state index in [1.54, 1.807) is 18.2 Å². The number of rotatable bonds is 1. The highest BCUT2D eigenvalue weighted by atomic mass is 35.5. The number of hydrogen-bond acceptors (Lipinski definition) is 2. The lowest BCUT2D eigenvalue weighted by Crippen LogP contribution is -2.21. The van der Waals surface area contributed by atoms with E-state index in [0.717, 1.165) is 0 Å². The molecule has 1 heterocycles. The zero-order chi connectivity index (χ0) is 11.0. The molecule has 2 rings (SSSR count). The number of benzene rings is 1. The van der Waals surface area contributed by atoms with Gasteiger partial charge >= 0.3 is 0 Å². The Morgan fingerprint density at radius 2 is 2.27 bits per heavy atom. The number of aromatic amines is 1. The van der Waals surface area contributed by atoms with Crippen LogP contribution in [-0.4, -0.2) is 9.55 Å². The molecule has 0 spiro atoms. The van der Waals surface area contributed by atoms with Gasteiger partial charge in [-0.05, 0) is 31.3 Å². The van der Waals surface area contributed by atoms with E-state index in [2.05, 4.69) is 4.98 Å². The summed E-state index contributed by atoms with van der Waals surface area (Å²) in [4.78, 5) is 14.9. The largest absolute Gasteiger partial charge is 0.330 e. The number of H-pyrrole nitrogens is 1. The Morgan fingerprint density at radius 3 is 2.93 bits per heavy atom. The normalized spacial score (nSPS) is 10.8. The molecule has 0 unspecified atom stereocenters. The molecule has 0 aliphatic rings. The number of nitrogens with zero attached hydrogens (tertiary/aromatic N) is 1. The van der Waals surface area contributed by atoms with Gasteiger partial charge in [0.25, 0.3) is 5.56 Å². The molecule has 15 heavy (non-hydrogen) atoms.